The SMILES string of the molecule is CCCNc1nc(Cc2cccs2)nc(C(C)(C)C)c1Br. The molecule has 0 saturated carbocycles. The minimum atomic E-state index is -0.0192. The first kappa shape index (κ1) is 16.4. The van der Waals surface area contributed by atoms with E-state index in [9.17, 15) is 0 Å². The molecule has 0 atom stereocenters. The van der Waals surface area contributed by atoms with Crippen LogP contribution in [0.4, 0.5) is 5.82 Å². The van der Waals surface area contributed by atoms with Crippen molar-refractivity contribution in [2.24, 2.45) is 0 Å². The Kier molecular flexibility index (Phi) is 5.38. The number of hydrogen-bond acceptors (Lipinski definition) is 4. The summed E-state index contributed by atoms with van der Waals surface area (Å²) in [6, 6.07) is 4.20. The normalized spacial score (nSPS) is 11.7. The molecular formula is C16H22BrN3S. The van der Waals surface area contributed by atoms with Crippen molar-refractivity contribution in [1.29, 1.82) is 0 Å². The number of hydrogen-bond donors (Lipinski definition) is 1. The smallest absolute Gasteiger partial charge is 0.144 e. The number of thiophene rings is 1. The molecule has 0 bridgehead atoms. The molecule has 0 aliphatic rings. The lowest BCUT2D eigenvalue weighted by molar-refractivity contribution is 0.559. The highest BCUT2D eigenvalue weighted by atomic mass is 79.9. The van der Waals surface area contributed by atoms with Gasteiger partial charge in [-0.05, 0) is 33.8 Å². The molecule has 0 radical (unpaired) electrons. The first-order valence-electron chi connectivity index (χ1n) is 7.25. The van der Waals surface area contributed by atoms with Gasteiger partial charge in [0.1, 0.15) is 11.6 Å². The van der Waals surface area contributed by atoms with Gasteiger partial charge in [-0.1, -0.05) is 33.8 Å². The fraction of sp³-hybridized carbons (Fsp3) is 0.500. The summed E-state index contributed by atoms with van der Waals surface area (Å²) in [5.41, 5.74) is 1.04. The van der Waals surface area contributed by atoms with E-state index in [-0.39, 0.29) is 5.41 Å². The largest absolute Gasteiger partial charge is 0.369 e. The van der Waals surface area contributed by atoms with E-state index in [1.807, 2.05) is 0 Å². The van der Waals surface area contributed by atoms with Gasteiger partial charge in [0.25, 0.3) is 0 Å². The first-order chi connectivity index (χ1) is 9.91. The zero-order chi connectivity index (χ0) is 15.5. The first-order valence-corrected chi connectivity index (χ1v) is 8.92. The van der Waals surface area contributed by atoms with E-state index in [4.69, 9.17) is 9.97 Å². The van der Waals surface area contributed by atoms with Crippen molar-refractivity contribution in [2.75, 3.05) is 11.9 Å². The van der Waals surface area contributed by atoms with Gasteiger partial charge in [-0.2, -0.15) is 0 Å². The zero-order valence-electron chi connectivity index (χ0n) is 13.0. The Hall–Kier alpha value is -0.940. The highest BCUT2D eigenvalue weighted by molar-refractivity contribution is 9.10. The third kappa shape index (κ3) is 4.27. The van der Waals surface area contributed by atoms with E-state index >= 15 is 0 Å². The summed E-state index contributed by atoms with van der Waals surface area (Å²) < 4.78 is 0.985. The summed E-state index contributed by atoms with van der Waals surface area (Å²) in [7, 11) is 0. The molecule has 0 spiro atoms. The Morgan fingerprint density at radius 2 is 2.05 bits per heavy atom. The number of rotatable bonds is 5. The minimum absolute atomic E-state index is 0.0192. The lowest BCUT2D eigenvalue weighted by Crippen LogP contribution is -2.18. The van der Waals surface area contributed by atoms with Crippen LogP contribution in [-0.4, -0.2) is 16.5 Å². The van der Waals surface area contributed by atoms with Crippen molar-refractivity contribution in [1.82, 2.24) is 9.97 Å². The second-order valence-electron chi connectivity index (χ2n) is 6.08. The average Bonchev–Trinajstić information content (AvgIpc) is 2.90. The van der Waals surface area contributed by atoms with Gasteiger partial charge in [-0.3, -0.25) is 0 Å². The van der Waals surface area contributed by atoms with Gasteiger partial charge >= 0.3 is 0 Å². The third-order valence-corrected chi connectivity index (χ3v) is 4.69. The quantitative estimate of drug-likeness (QED) is 0.806. The summed E-state index contributed by atoms with van der Waals surface area (Å²) in [5.74, 6) is 1.78. The molecule has 1 N–H and O–H groups in total. The molecule has 2 aromatic heterocycles. The maximum atomic E-state index is 4.80. The van der Waals surface area contributed by atoms with Gasteiger partial charge in [0.05, 0.1) is 10.2 Å². The molecule has 5 heteroatoms. The standard InChI is InChI=1S/C16H22BrN3S/c1-5-8-18-15-13(17)14(16(2,3)4)19-12(20-15)10-11-7-6-9-21-11/h6-7,9H,5,8,10H2,1-4H3,(H,18,19,20). The van der Waals surface area contributed by atoms with Crippen molar-refractivity contribution in [3.05, 3.63) is 38.4 Å². The van der Waals surface area contributed by atoms with Crippen LogP contribution in [0.25, 0.3) is 0 Å². The number of aromatic nitrogens is 2. The molecule has 0 saturated heterocycles. The Labute approximate surface area is 139 Å². The van der Waals surface area contributed by atoms with Gasteiger partial charge in [0, 0.05) is 23.3 Å². The number of halogens is 1. The van der Waals surface area contributed by atoms with Gasteiger partial charge in [0.15, 0.2) is 0 Å². The summed E-state index contributed by atoms with van der Waals surface area (Å²) in [6.07, 6.45) is 1.86. The average molecular weight is 368 g/mol. The van der Waals surface area contributed by atoms with Crippen LogP contribution >= 0.6 is 27.3 Å². The van der Waals surface area contributed by atoms with Crippen LogP contribution in [0.15, 0.2) is 22.0 Å². The van der Waals surface area contributed by atoms with Crippen LogP contribution in [0.5, 0.6) is 0 Å². The van der Waals surface area contributed by atoms with Gasteiger partial charge in [-0.25, -0.2) is 9.97 Å². The number of nitrogens with one attached hydrogen (secondary N) is 1. The maximum Gasteiger partial charge on any atom is 0.144 e. The minimum Gasteiger partial charge on any atom is -0.369 e. The van der Waals surface area contributed by atoms with E-state index in [0.717, 1.165) is 41.2 Å². The molecule has 2 rings (SSSR count). The molecule has 0 amide bonds. The van der Waals surface area contributed by atoms with Crippen molar-refractivity contribution in [2.45, 2.75) is 46.0 Å². The predicted octanol–water partition coefficient (Wildman–Crippen LogP) is 5.01. The summed E-state index contributed by atoms with van der Waals surface area (Å²) in [5, 5.41) is 5.49. The molecule has 2 aromatic rings. The molecule has 21 heavy (non-hydrogen) atoms. The summed E-state index contributed by atoms with van der Waals surface area (Å²) in [6.45, 7) is 9.60. The lowest BCUT2D eigenvalue weighted by Gasteiger charge is -2.22. The molecule has 0 unspecified atom stereocenters. The highest BCUT2D eigenvalue weighted by Crippen LogP contribution is 2.33. The Balaban J connectivity index is 2.40. The summed E-state index contributed by atoms with van der Waals surface area (Å²) >= 11 is 5.42. The predicted molar refractivity (Wildman–Crippen MR) is 94.3 cm³/mol. The topological polar surface area (TPSA) is 37.8 Å². The van der Waals surface area contributed by atoms with Crippen LogP contribution in [0.2, 0.25) is 0 Å². The van der Waals surface area contributed by atoms with Crippen LogP contribution in [0.1, 0.15) is 50.5 Å². The van der Waals surface area contributed by atoms with E-state index in [2.05, 4.69) is 66.5 Å². The molecule has 2 heterocycles. The third-order valence-electron chi connectivity index (χ3n) is 3.06. The molecule has 0 aliphatic carbocycles. The molecular weight excluding hydrogens is 346 g/mol. The van der Waals surface area contributed by atoms with Crippen molar-refractivity contribution >= 4 is 33.1 Å². The van der Waals surface area contributed by atoms with E-state index in [1.54, 1.807) is 11.3 Å². The number of anilines is 1. The number of nitrogens with zero attached hydrogens (tertiary/aromatic N) is 2. The molecule has 0 aliphatic heterocycles. The van der Waals surface area contributed by atoms with Crippen LogP contribution in [0.3, 0.4) is 0 Å². The second-order valence-corrected chi connectivity index (χ2v) is 7.91. The lowest BCUT2D eigenvalue weighted by atomic mass is 9.92. The Morgan fingerprint density at radius 3 is 2.62 bits per heavy atom. The second kappa shape index (κ2) is 6.88. The van der Waals surface area contributed by atoms with Crippen LogP contribution in [-0.2, 0) is 11.8 Å². The van der Waals surface area contributed by atoms with Crippen molar-refractivity contribution in [3.63, 3.8) is 0 Å². The monoisotopic (exact) mass is 367 g/mol. The molecule has 0 fully saturated rings. The molecule has 0 aromatic carbocycles. The van der Waals surface area contributed by atoms with Crippen molar-refractivity contribution < 1.29 is 0 Å². The molecule has 114 valence electrons. The Morgan fingerprint density at radius 1 is 1.29 bits per heavy atom. The highest BCUT2D eigenvalue weighted by Gasteiger charge is 2.23. The zero-order valence-corrected chi connectivity index (χ0v) is 15.4. The van der Waals surface area contributed by atoms with E-state index in [1.165, 1.54) is 4.88 Å². The molecule has 3 nitrogen and oxygen atoms in total. The van der Waals surface area contributed by atoms with E-state index in [0.29, 0.717) is 0 Å². The Bertz CT molecular complexity index is 588. The van der Waals surface area contributed by atoms with Crippen molar-refractivity contribution in [3.8, 4) is 0 Å². The van der Waals surface area contributed by atoms with Crippen LogP contribution < -0.4 is 5.32 Å². The van der Waals surface area contributed by atoms with Crippen LogP contribution in [0, 0.1) is 0 Å². The van der Waals surface area contributed by atoms with E-state index < -0.39 is 0 Å². The van der Waals surface area contributed by atoms with Gasteiger partial charge in [0.2, 0.25) is 0 Å². The maximum absolute atomic E-state index is 4.80. The fourth-order valence-electron chi connectivity index (χ4n) is 2.00. The summed E-state index contributed by atoms with van der Waals surface area (Å²) in [4.78, 5) is 10.8. The van der Waals surface area contributed by atoms with Gasteiger partial charge in [-0.15, -0.1) is 11.3 Å². The fourth-order valence-corrected chi connectivity index (χ4v) is 3.61. The van der Waals surface area contributed by atoms with Gasteiger partial charge < -0.3 is 5.32 Å².